The highest BCUT2D eigenvalue weighted by atomic mass is 35.5. The van der Waals surface area contributed by atoms with E-state index >= 15 is 0 Å². The first kappa shape index (κ1) is 13.9. The van der Waals surface area contributed by atoms with Crippen LogP contribution in [0.4, 0.5) is 0 Å². The van der Waals surface area contributed by atoms with Crippen molar-refractivity contribution in [2.75, 3.05) is 27.3 Å². The number of ether oxygens (including phenoxy) is 1. The monoisotopic (exact) mass is 283 g/mol. The molecule has 0 bridgehead atoms. The molecule has 0 aromatic carbocycles. The number of hydrogen-bond acceptors (Lipinski definition) is 4. The van der Waals surface area contributed by atoms with Crippen LogP contribution >= 0.6 is 22.9 Å². The molecule has 4 nitrogen and oxygen atoms in total. The molecule has 16 heavy (non-hydrogen) atoms. The second kappa shape index (κ2) is 5.97. The normalized spacial score (nSPS) is 12.2. The Balaban J connectivity index is 2.70. The van der Waals surface area contributed by atoms with E-state index in [0.29, 0.717) is 23.9 Å². The van der Waals surface area contributed by atoms with E-state index in [1.165, 1.54) is 10.4 Å². The van der Waals surface area contributed by atoms with Crippen molar-refractivity contribution in [1.82, 2.24) is 4.31 Å². The van der Waals surface area contributed by atoms with Crippen LogP contribution in [-0.2, 0) is 14.8 Å². The predicted molar refractivity (Wildman–Crippen MR) is 65.6 cm³/mol. The highest BCUT2D eigenvalue weighted by molar-refractivity contribution is 7.91. The molecular formula is C9H14ClNO3S2. The van der Waals surface area contributed by atoms with Gasteiger partial charge in [0.2, 0.25) is 0 Å². The standard InChI is InChI=1S/C9H14ClNO3S2/c1-11(6-3-7-14-2)16(12,13)9-5-4-8(10)15-9/h4-5H,3,6-7H2,1-2H3. The molecule has 0 spiro atoms. The van der Waals surface area contributed by atoms with Crippen LogP contribution in [0, 0.1) is 0 Å². The molecule has 0 fully saturated rings. The van der Waals surface area contributed by atoms with Gasteiger partial charge in [-0.2, -0.15) is 0 Å². The summed E-state index contributed by atoms with van der Waals surface area (Å²) in [5.74, 6) is 0. The number of thiophene rings is 1. The topological polar surface area (TPSA) is 46.6 Å². The second-order valence-electron chi connectivity index (χ2n) is 3.23. The van der Waals surface area contributed by atoms with E-state index < -0.39 is 10.0 Å². The molecule has 1 aromatic rings. The fourth-order valence-corrected chi connectivity index (χ4v) is 4.04. The molecule has 0 unspecified atom stereocenters. The predicted octanol–water partition coefficient (Wildman–Crippen LogP) is 2.06. The van der Waals surface area contributed by atoms with Gasteiger partial charge in [-0.3, -0.25) is 0 Å². The Morgan fingerprint density at radius 3 is 2.69 bits per heavy atom. The summed E-state index contributed by atoms with van der Waals surface area (Å²) < 4.78 is 30.9. The van der Waals surface area contributed by atoms with E-state index in [0.717, 1.165) is 11.3 Å². The first-order valence-corrected chi connectivity index (χ1v) is 7.32. The van der Waals surface area contributed by atoms with E-state index in [1.54, 1.807) is 20.2 Å². The third-order valence-corrected chi connectivity index (χ3v) is 5.59. The van der Waals surface area contributed by atoms with Crippen LogP contribution in [0.3, 0.4) is 0 Å². The van der Waals surface area contributed by atoms with Gasteiger partial charge in [0, 0.05) is 27.3 Å². The van der Waals surface area contributed by atoms with Crippen molar-refractivity contribution >= 4 is 33.0 Å². The summed E-state index contributed by atoms with van der Waals surface area (Å²) in [5, 5.41) is 0. The lowest BCUT2D eigenvalue weighted by Gasteiger charge is -2.15. The number of halogens is 1. The second-order valence-corrected chi connectivity index (χ2v) is 7.22. The highest BCUT2D eigenvalue weighted by Gasteiger charge is 2.21. The zero-order valence-electron chi connectivity index (χ0n) is 9.14. The van der Waals surface area contributed by atoms with E-state index in [9.17, 15) is 8.42 Å². The molecule has 0 aliphatic carbocycles. The molecule has 0 atom stereocenters. The van der Waals surface area contributed by atoms with Crippen LogP contribution in [0.5, 0.6) is 0 Å². The van der Waals surface area contributed by atoms with Gasteiger partial charge in [-0.15, -0.1) is 11.3 Å². The van der Waals surface area contributed by atoms with Gasteiger partial charge in [0.25, 0.3) is 10.0 Å². The summed E-state index contributed by atoms with van der Waals surface area (Å²) in [5.41, 5.74) is 0. The minimum Gasteiger partial charge on any atom is -0.385 e. The molecule has 0 N–H and O–H groups in total. The van der Waals surface area contributed by atoms with Crippen molar-refractivity contribution in [3.63, 3.8) is 0 Å². The third kappa shape index (κ3) is 3.43. The number of sulfonamides is 1. The molecule has 0 aliphatic rings. The largest absolute Gasteiger partial charge is 0.385 e. The van der Waals surface area contributed by atoms with Crippen LogP contribution in [0.25, 0.3) is 0 Å². The Morgan fingerprint density at radius 2 is 2.19 bits per heavy atom. The van der Waals surface area contributed by atoms with Crippen LogP contribution in [0.1, 0.15) is 6.42 Å². The van der Waals surface area contributed by atoms with E-state index in [4.69, 9.17) is 16.3 Å². The first-order chi connectivity index (χ1) is 7.48. The quantitative estimate of drug-likeness (QED) is 0.751. The summed E-state index contributed by atoms with van der Waals surface area (Å²) in [6.07, 6.45) is 0.672. The SMILES string of the molecule is COCCCN(C)S(=O)(=O)c1ccc(Cl)s1. The van der Waals surface area contributed by atoms with Gasteiger partial charge in [-0.25, -0.2) is 12.7 Å². The molecule has 0 saturated heterocycles. The molecule has 1 rings (SSSR count). The lowest BCUT2D eigenvalue weighted by Crippen LogP contribution is -2.27. The molecule has 1 heterocycles. The molecule has 0 saturated carbocycles. The van der Waals surface area contributed by atoms with Crippen molar-refractivity contribution < 1.29 is 13.2 Å². The van der Waals surface area contributed by atoms with Crippen molar-refractivity contribution in [3.8, 4) is 0 Å². The fourth-order valence-electron chi connectivity index (χ4n) is 1.14. The average molecular weight is 284 g/mol. The first-order valence-electron chi connectivity index (χ1n) is 4.69. The molecule has 1 aromatic heterocycles. The lowest BCUT2D eigenvalue weighted by molar-refractivity contribution is 0.189. The van der Waals surface area contributed by atoms with Crippen LogP contribution < -0.4 is 0 Å². The van der Waals surface area contributed by atoms with Gasteiger partial charge in [0.15, 0.2) is 0 Å². The van der Waals surface area contributed by atoms with E-state index in [2.05, 4.69) is 0 Å². The fraction of sp³-hybridized carbons (Fsp3) is 0.556. The van der Waals surface area contributed by atoms with Crippen molar-refractivity contribution in [2.24, 2.45) is 0 Å². The van der Waals surface area contributed by atoms with Crippen LogP contribution in [0.15, 0.2) is 16.3 Å². The third-order valence-electron chi connectivity index (χ3n) is 2.03. The summed E-state index contributed by atoms with van der Waals surface area (Å²) in [7, 11) is -0.242. The van der Waals surface area contributed by atoms with Gasteiger partial charge in [0.1, 0.15) is 4.21 Å². The number of hydrogen-bond donors (Lipinski definition) is 0. The minimum atomic E-state index is -3.39. The molecular weight excluding hydrogens is 270 g/mol. The number of nitrogens with zero attached hydrogens (tertiary/aromatic N) is 1. The summed E-state index contributed by atoms with van der Waals surface area (Å²) in [4.78, 5) is 0. The van der Waals surface area contributed by atoms with Gasteiger partial charge >= 0.3 is 0 Å². The number of methoxy groups -OCH3 is 1. The zero-order chi connectivity index (χ0) is 12.2. The van der Waals surface area contributed by atoms with E-state index in [-0.39, 0.29) is 4.21 Å². The van der Waals surface area contributed by atoms with Crippen molar-refractivity contribution in [2.45, 2.75) is 10.6 Å². The zero-order valence-corrected chi connectivity index (χ0v) is 11.5. The summed E-state index contributed by atoms with van der Waals surface area (Å²) in [6, 6.07) is 3.11. The molecule has 0 amide bonds. The lowest BCUT2D eigenvalue weighted by atomic mass is 10.5. The van der Waals surface area contributed by atoms with E-state index in [1.807, 2.05) is 0 Å². The maximum absolute atomic E-state index is 12.0. The average Bonchev–Trinajstić information content (AvgIpc) is 2.65. The Bertz CT molecular complexity index is 430. The van der Waals surface area contributed by atoms with Crippen molar-refractivity contribution in [3.05, 3.63) is 16.5 Å². The Morgan fingerprint density at radius 1 is 1.50 bits per heavy atom. The Hall–Kier alpha value is -0.140. The minimum absolute atomic E-state index is 0.275. The maximum atomic E-state index is 12.0. The van der Waals surface area contributed by atoms with Crippen LogP contribution in [-0.4, -0.2) is 40.0 Å². The molecule has 0 radical (unpaired) electrons. The van der Waals surface area contributed by atoms with Gasteiger partial charge in [-0.1, -0.05) is 11.6 Å². The Kier molecular flexibility index (Phi) is 5.20. The molecule has 7 heteroatoms. The molecule has 0 aliphatic heterocycles. The Labute approximate surface area is 105 Å². The smallest absolute Gasteiger partial charge is 0.252 e. The van der Waals surface area contributed by atoms with Gasteiger partial charge in [-0.05, 0) is 18.6 Å². The van der Waals surface area contributed by atoms with Crippen molar-refractivity contribution in [1.29, 1.82) is 0 Å². The number of rotatable bonds is 6. The van der Waals surface area contributed by atoms with Crippen LogP contribution in [0.2, 0.25) is 4.34 Å². The highest BCUT2D eigenvalue weighted by Crippen LogP contribution is 2.27. The van der Waals surface area contributed by atoms with Gasteiger partial charge < -0.3 is 4.74 Å². The summed E-state index contributed by atoms with van der Waals surface area (Å²) >= 11 is 6.78. The maximum Gasteiger partial charge on any atom is 0.252 e. The van der Waals surface area contributed by atoms with Gasteiger partial charge in [0.05, 0.1) is 4.34 Å². The molecule has 92 valence electrons. The summed E-state index contributed by atoms with van der Waals surface area (Å²) in [6.45, 7) is 0.983.